The molecule has 0 aromatic heterocycles. The van der Waals surface area contributed by atoms with E-state index in [2.05, 4.69) is 39.5 Å². The largest absolute Gasteiger partial charge is 0.162 e. The van der Waals surface area contributed by atoms with E-state index in [1.807, 2.05) is 0 Å². The fourth-order valence-electron chi connectivity index (χ4n) is 1.97. The first kappa shape index (κ1) is 17.4. The van der Waals surface area contributed by atoms with Crippen LogP contribution in [0.2, 0.25) is 0 Å². The summed E-state index contributed by atoms with van der Waals surface area (Å²) in [4.78, 5) is 0. The second-order valence-electron chi connectivity index (χ2n) is 6.10. The zero-order valence-corrected chi connectivity index (χ0v) is 13.5. The number of thioether (sulfide) groups is 1. The van der Waals surface area contributed by atoms with Gasteiger partial charge in [-0.05, 0) is 36.2 Å². The minimum atomic E-state index is 0.892. The summed E-state index contributed by atoms with van der Waals surface area (Å²) in [5.41, 5.74) is 0. The number of hydrogen-bond acceptors (Lipinski definition) is 1. The molecule has 0 fully saturated rings. The van der Waals surface area contributed by atoms with Crippen LogP contribution in [-0.2, 0) is 0 Å². The standard InChI is InChI=1S/C16H34S/c1-15(2)11-7-5-9-13-17-14-10-6-8-12-16(3)4/h15-16H,5-14H2,1-4H3. The molecule has 0 N–H and O–H groups in total. The number of hydrogen-bond donors (Lipinski definition) is 0. The van der Waals surface area contributed by atoms with E-state index in [9.17, 15) is 0 Å². The molecule has 0 aromatic carbocycles. The molecule has 104 valence electrons. The minimum absolute atomic E-state index is 0.892. The van der Waals surface area contributed by atoms with Crippen molar-refractivity contribution in [1.82, 2.24) is 0 Å². The first-order chi connectivity index (χ1) is 8.13. The Balaban J connectivity index is 2.94. The molecule has 0 saturated carbocycles. The molecule has 0 nitrogen and oxygen atoms in total. The van der Waals surface area contributed by atoms with Crippen molar-refractivity contribution < 1.29 is 0 Å². The lowest BCUT2D eigenvalue weighted by Crippen LogP contribution is -1.90. The quantitative estimate of drug-likeness (QED) is 0.378. The summed E-state index contributed by atoms with van der Waals surface area (Å²) in [6, 6.07) is 0. The van der Waals surface area contributed by atoms with Crippen LogP contribution in [0.5, 0.6) is 0 Å². The van der Waals surface area contributed by atoms with Crippen molar-refractivity contribution in [2.24, 2.45) is 11.8 Å². The fourth-order valence-corrected chi connectivity index (χ4v) is 2.99. The highest BCUT2D eigenvalue weighted by atomic mass is 32.2. The Morgan fingerprint density at radius 2 is 1.00 bits per heavy atom. The van der Waals surface area contributed by atoms with E-state index in [0.29, 0.717) is 0 Å². The van der Waals surface area contributed by atoms with Gasteiger partial charge in [0.1, 0.15) is 0 Å². The Labute approximate surface area is 114 Å². The van der Waals surface area contributed by atoms with Gasteiger partial charge in [-0.15, -0.1) is 0 Å². The maximum atomic E-state index is 2.33. The number of unbranched alkanes of at least 4 members (excludes halogenated alkanes) is 4. The predicted octanol–water partition coefficient (Wildman–Crippen LogP) is 6.15. The summed E-state index contributed by atoms with van der Waals surface area (Å²) >= 11 is 2.17. The van der Waals surface area contributed by atoms with E-state index < -0.39 is 0 Å². The van der Waals surface area contributed by atoms with E-state index in [-0.39, 0.29) is 0 Å². The summed E-state index contributed by atoms with van der Waals surface area (Å²) in [5.74, 6) is 4.57. The van der Waals surface area contributed by atoms with Crippen LogP contribution in [0.1, 0.15) is 79.1 Å². The van der Waals surface area contributed by atoms with Crippen molar-refractivity contribution in [3.8, 4) is 0 Å². The SMILES string of the molecule is CC(C)CCCCCSCCCCCC(C)C. The van der Waals surface area contributed by atoms with Gasteiger partial charge in [-0.3, -0.25) is 0 Å². The van der Waals surface area contributed by atoms with Crippen molar-refractivity contribution in [3.63, 3.8) is 0 Å². The molecule has 0 aromatic rings. The van der Waals surface area contributed by atoms with E-state index in [0.717, 1.165) is 11.8 Å². The summed E-state index contributed by atoms with van der Waals surface area (Å²) in [6.45, 7) is 9.30. The average Bonchev–Trinajstić information content (AvgIpc) is 2.25. The lowest BCUT2D eigenvalue weighted by atomic mass is 10.1. The first-order valence-electron chi connectivity index (χ1n) is 7.70. The molecular formula is C16H34S. The lowest BCUT2D eigenvalue weighted by Gasteiger charge is -2.05. The van der Waals surface area contributed by atoms with Crippen LogP contribution in [0.3, 0.4) is 0 Å². The second kappa shape index (κ2) is 12.8. The van der Waals surface area contributed by atoms with Crippen molar-refractivity contribution >= 4 is 11.8 Å². The molecule has 17 heavy (non-hydrogen) atoms. The van der Waals surface area contributed by atoms with Gasteiger partial charge in [-0.25, -0.2) is 0 Å². The average molecular weight is 259 g/mol. The molecule has 0 saturated heterocycles. The molecule has 0 spiro atoms. The fraction of sp³-hybridized carbons (Fsp3) is 1.00. The molecular weight excluding hydrogens is 224 g/mol. The van der Waals surface area contributed by atoms with Crippen molar-refractivity contribution in [3.05, 3.63) is 0 Å². The Kier molecular flexibility index (Phi) is 13.1. The molecule has 0 unspecified atom stereocenters. The Hall–Kier alpha value is 0.350. The van der Waals surface area contributed by atoms with Crippen LogP contribution in [0.4, 0.5) is 0 Å². The summed E-state index contributed by atoms with van der Waals surface area (Å²) in [5, 5.41) is 0. The van der Waals surface area contributed by atoms with E-state index in [1.165, 1.54) is 62.9 Å². The highest BCUT2D eigenvalue weighted by Crippen LogP contribution is 2.14. The Morgan fingerprint density at radius 1 is 0.588 bits per heavy atom. The van der Waals surface area contributed by atoms with Crippen LogP contribution >= 0.6 is 11.8 Å². The number of rotatable bonds is 12. The Bertz CT molecular complexity index is 124. The molecule has 0 aliphatic rings. The highest BCUT2D eigenvalue weighted by molar-refractivity contribution is 7.99. The molecule has 0 heterocycles. The molecule has 0 amide bonds. The third-order valence-corrected chi connectivity index (χ3v) is 4.29. The topological polar surface area (TPSA) is 0 Å². The zero-order chi connectivity index (χ0) is 12.9. The van der Waals surface area contributed by atoms with Crippen LogP contribution in [-0.4, -0.2) is 11.5 Å². The van der Waals surface area contributed by atoms with Crippen molar-refractivity contribution in [2.45, 2.75) is 79.1 Å². The smallest absolute Gasteiger partial charge is 0.00675 e. The molecule has 1 heteroatoms. The normalized spacial score (nSPS) is 11.6. The van der Waals surface area contributed by atoms with E-state index in [1.54, 1.807) is 0 Å². The van der Waals surface area contributed by atoms with Gasteiger partial charge in [0.05, 0.1) is 0 Å². The van der Waals surface area contributed by atoms with Gasteiger partial charge in [-0.1, -0.05) is 66.2 Å². The molecule has 0 aliphatic heterocycles. The van der Waals surface area contributed by atoms with Gasteiger partial charge < -0.3 is 0 Å². The minimum Gasteiger partial charge on any atom is -0.162 e. The maximum Gasteiger partial charge on any atom is -0.00675 e. The lowest BCUT2D eigenvalue weighted by molar-refractivity contribution is 0.534. The van der Waals surface area contributed by atoms with Crippen molar-refractivity contribution in [1.29, 1.82) is 0 Å². The van der Waals surface area contributed by atoms with Crippen LogP contribution < -0.4 is 0 Å². The Morgan fingerprint density at radius 3 is 1.35 bits per heavy atom. The summed E-state index contributed by atoms with van der Waals surface area (Å²) < 4.78 is 0. The van der Waals surface area contributed by atoms with E-state index >= 15 is 0 Å². The predicted molar refractivity (Wildman–Crippen MR) is 83.9 cm³/mol. The summed E-state index contributed by atoms with van der Waals surface area (Å²) in [6.07, 6.45) is 11.5. The second-order valence-corrected chi connectivity index (χ2v) is 7.32. The molecule has 0 radical (unpaired) electrons. The van der Waals surface area contributed by atoms with Crippen molar-refractivity contribution in [2.75, 3.05) is 11.5 Å². The maximum absolute atomic E-state index is 2.33. The first-order valence-corrected chi connectivity index (χ1v) is 8.86. The third-order valence-electron chi connectivity index (χ3n) is 3.14. The molecule has 0 rings (SSSR count). The van der Waals surface area contributed by atoms with Gasteiger partial charge in [0.25, 0.3) is 0 Å². The zero-order valence-electron chi connectivity index (χ0n) is 12.6. The highest BCUT2D eigenvalue weighted by Gasteiger charge is 1.96. The molecule has 0 atom stereocenters. The third kappa shape index (κ3) is 16.4. The van der Waals surface area contributed by atoms with Crippen LogP contribution in [0.15, 0.2) is 0 Å². The van der Waals surface area contributed by atoms with Gasteiger partial charge in [0.2, 0.25) is 0 Å². The van der Waals surface area contributed by atoms with Gasteiger partial charge in [0, 0.05) is 0 Å². The van der Waals surface area contributed by atoms with Gasteiger partial charge in [-0.2, -0.15) is 11.8 Å². The van der Waals surface area contributed by atoms with Gasteiger partial charge >= 0.3 is 0 Å². The molecule has 0 aliphatic carbocycles. The molecule has 0 bridgehead atoms. The summed E-state index contributed by atoms with van der Waals surface area (Å²) in [7, 11) is 0. The monoisotopic (exact) mass is 258 g/mol. The van der Waals surface area contributed by atoms with E-state index in [4.69, 9.17) is 0 Å². The van der Waals surface area contributed by atoms with Crippen LogP contribution in [0, 0.1) is 11.8 Å². The van der Waals surface area contributed by atoms with Gasteiger partial charge in [0.15, 0.2) is 0 Å². The van der Waals surface area contributed by atoms with Crippen LogP contribution in [0.25, 0.3) is 0 Å².